The van der Waals surface area contributed by atoms with E-state index in [0.29, 0.717) is 6.54 Å². The summed E-state index contributed by atoms with van der Waals surface area (Å²) < 4.78 is 40.2. The van der Waals surface area contributed by atoms with Crippen LogP contribution >= 0.6 is 15.9 Å². The highest BCUT2D eigenvalue weighted by Crippen LogP contribution is 2.23. The van der Waals surface area contributed by atoms with Gasteiger partial charge < -0.3 is 4.90 Å². The molecular formula is C13H20BrFN2O2S. The molecule has 0 unspecified atom stereocenters. The number of nitrogens with zero attached hydrogens (tertiary/aromatic N) is 1. The molecule has 0 heterocycles. The third-order valence-electron chi connectivity index (χ3n) is 2.67. The van der Waals surface area contributed by atoms with Gasteiger partial charge in [0.05, 0.1) is 4.90 Å². The highest BCUT2D eigenvalue weighted by Gasteiger charge is 2.24. The second-order valence-corrected chi connectivity index (χ2v) is 8.39. The number of halogens is 2. The predicted octanol–water partition coefficient (Wildman–Crippen LogP) is 2.45. The summed E-state index contributed by atoms with van der Waals surface area (Å²) in [7, 11) is 0.216. The van der Waals surface area contributed by atoms with Crippen LogP contribution in [0.25, 0.3) is 0 Å². The first-order chi connectivity index (χ1) is 9.03. The van der Waals surface area contributed by atoms with Gasteiger partial charge in [-0.15, -0.1) is 0 Å². The van der Waals surface area contributed by atoms with Crippen molar-refractivity contribution in [2.24, 2.45) is 5.41 Å². The maximum absolute atomic E-state index is 13.0. The van der Waals surface area contributed by atoms with Gasteiger partial charge in [-0.1, -0.05) is 13.8 Å². The zero-order chi connectivity index (χ0) is 15.6. The molecule has 0 aromatic heterocycles. The Labute approximate surface area is 128 Å². The van der Waals surface area contributed by atoms with Crippen molar-refractivity contribution in [2.45, 2.75) is 18.7 Å². The Balaban J connectivity index is 2.85. The topological polar surface area (TPSA) is 49.4 Å². The maximum atomic E-state index is 13.0. The molecule has 1 aromatic rings. The molecule has 4 nitrogen and oxygen atoms in total. The number of benzene rings is 1. The largest absolute Gasteiger partial charge is 0.309 e. The average Bonchev–Trinajstić information content (AvgIpc) is 2.24. The molecule has 114 valence electrons. The van der Waals surface area contributed by atoms with Gasteiger partial charge in [0.2, 0.25) is 10.0 Å². The van der Waals surface area contributed by atoms with Crippen molar-refractivity contribution in [3.8, 4) is 0 Å². The highest BCUT2D eigenvalue weighted by atomic mass is 79.9. The molecule has 1 aromatic carbocycles. The third-order valence-corrected chi connectivity index (χ3v) is 5.05. The first-order valence-corrected chi connectivity index (χ1v) is 8.41. The van der Waals surface area contributed by atoms with Gasteiger partial charge in [0.1, 0.15) is 5.82 Å². The van der Waals surface area contributed by atoms with Crippen LogP contribution in [0, 0.1) is 11.2 Å². The molecule has 20 heavy (non-hydrogen) atoms. The number of sulfonamides is 1. The maximum Gasteiger partial charge on any atom is 0.241 e. The van der Waals surface area contributed by atoms with Crippen LogP contribution in [-0.2, 0) is 10.0 Å². The average molecular weight is 367 g/mol. The van der Waals surface area contributed by atoms with Crippen LogP contribution in [-0.4, -0.2) is 40.5 Å². The van der Waals surface area contributed by atoms with Crippen molar-refractivity contribution in [1.82, 2.24) is 9.62 Å². The minimum Gasteiger partial charge on any atom is -0.309 e. The second kappa shape index (κ2) is 6.51. The Kier molecular flexibility index (Phi) is 5.71. The quantitative estimate of drug-likeness (QED) is 0.840. The molecule has 0 aliphatic carbocycles. The minimum atomic E-state index is -3.66. The first kappa shape index (κ1) is 17.6. The first-order valence-electron chi connectivity index (χ1n) is 6.13. The monoisotopic (exact) mass is 366 g/mol. The summed E-state index contributed by atoms with van der Waals surface area (Å²) in [5, 5.41) is 0. The summed E-state index contributed by atoms with van der Waals surface area (Å²) in [6.07, 6.45) is 0. The molecule has 0 spiro atoms. The third kappa shape index (κ3) is 5.12. The van der Waals surface area contributed by atoms with Crippen LogP contribution in [0.1, 0.15) is 13.8 Å². The zero-order valence-electron chi connectivity index (χ0n) is 12.1. The van der Waals surface area contributed by atoms with E-state index in [4.69, 9.17) is 0 Å². The van der Waals surface area contributed by atoms with Crippen molar-refractivity contribution >= 4 is 26.0 Å². The minimum absolute atomic E-state index is 0.0413. The fraction of sp³-hybridized carbons (Fsp3) is 0.538. The summed E-state index contributed by atoms with van der Waals surface area (Å²) in [4.78, 5) is 2.04. The van der Waals surface area contributed by atoms with Gasteiger partial charge in [0, 0.05) is 17.6 Å². The molecule has 0 aliphatic heterocycles. The van der Waals surface area contributed by atoms with E-state index < -0.39 is 15.8 Å². The van der Waals surface area contributed by atoms with E-state index in [2.05, 4.69) is 20.7 Å². The van der Waals surface area contributed by atoms with Crippen LogP contribution in [0.5, 0.6) is 0 Å². The Morgan fingerprint density at radius 2 is 1.95 bits per heavy atom. The van der Waals surface area contributed by atoms with Crippen LogP contribution in [0.15, 0.2) is 27.6 Å². The molecule has 0 bridgehead atoms. The van der Waals surface area contributed by atoms with E-state index >= 15 is 0 Å². The lowest BCUT2D eigenvalue weighted by atomic mass is 9.93. The van der Waals surface area contributed by atoms with Gasteiger partial charge in [-0.25, -0.2) is 17.5 Å². The summed E-state index contributed by atoms with van der Waals surface area (Å²) in [6.45, 7) is 5.02. The molecule has 1 rings (SSSR count). The SMILES string of the molecule is CN(C)CC(C)(C)CNS(=O)(=O)c1ccc(F)cc1Br. The van der Waals surface area contributed by atoms with Gasteiger partial charge >= 0.3 is 0 Å². The molecule has 0 aliphatic rings. The standard InChI is InChI=1S/C13H20BrFN2O2S/c1-13(2,9-17(3)4)8-16-20(18,19)12-6-5-10(15)7-11(12)14/h5-7,16H,8-9H2,1-4H3. The van der Waals surface area contributed by atoms with Crippen molar-refractivity contribution in [3.63, 3.8) is 0 Å². The Bertz CT molecular complexity index is 574. The summed E-state index contributed by atoms with van der Waals surface area (Å²) in [5.74, 6) is -0.483. The van der Waals surface area contributed by atoms with Gasteiger partial charge in [-0.2, -0.15) is 0 Å². The molecule has 0 saturated heterocycles. The number of hydrogen-bond donors (Lipinski definition) is 1. The normalized spacial score (nSPS) is 12.9. The zero-order valence-corrected chi connectivity index (χ0v) is 14.5. The molecular weight excluding hydrogens is 347 g/mol. The van der Waals surface area contributed by atoms with Gasteiger partial charge in [0.15, 0.2) is 0 Å². The van der Waals surface area contributed by atoms with Crippen LogP contribution in [0.4, 0.5) is 4.39 Å². The fourth-order valence-electron chi connectivity index (χ4n) is 1.97. The van der Waals surface area contributed by atoms with E-state index in [1.165, 1.54) is 6.07 Å². The molecule has 0 amide bonds. The van der Waals surface area contributed by atoms with E-state index in [9.17, 15) is 12.8 Å². The molecule has 0 radical (unpaired) electrons. The van der Waals surface area contributed by atoms with Crippen molar-refractivity contribution < 1.29 is 12.8 Å². The Morgan fingerprint density at radius 3 is 2.45 bits per heavy atom. The molecule has 0 fully saturated rings. The van der Waals surface area contributed by atoms with Crippen molar-refractivity contribution in [3.05, 3.63) is 28.5 Å². The summed E-state index contributed by atoms with van der Waals surface area (Å²) in [5.41, 5.74) is -0.205. The van der Waals surface area contributed by atoms with Crippen molar-refractivity contribution in [1.29, 1.82) is 0 Å². The summed E-state index contributed by atoms with van der Waals surface area (Å²) >= 11 is 3.08. The lowest BCUT2D eigenvalue weighted by molar-refractivity contribution is 0.242. The van der Waals surface area contributed by atoms with Gasteiger partial charge in [0.25, 0.3) is 0 Å². The molecule has 1 N–H and O–H groups in total. The van der Waals surface area contributed by atoms with Crippen LogP contribution < -0.4 is 4.72 Å². The van der Waals surface area contributed by atoms with Crippen LogP contribution in [0.3, 0.4) is 0 Å². The van der Waals surface area contributed by atoms with E-state index in [0.717, 1.165) is 18.7 Å². The molecule has 7 heteroatoms. The highest BCUT2D eigenvalue weighted by molar-refractivity contribution is 9.10. The lowest BCUT2D eigenvalue weighted by Gasteiger charge is -2.28. The Hall–Kier alpha value is -0.500. The number of hydrogen-bond acceptors (Lipinski definition) is 3. The van der Waals surface area contributed by atoms with Crippen LogP contribution in [0.2, 0.25) is 0 Å². The number of rotatable bonds is 6. The Morgan fingerprint density at radius 1 is 1.35 bits per heavy atom. The summed E-state index contributed by atoms with van der Waals surface area (Å²) in [6, 6.07) is 3.52. The van der Waals surface area contributed by atoms with Crippen molar-refractivity contribution in [2.75, 3.05) is 27.2 Å². The van der Waals surface area contributed by atoms with E-state index in [1.807, 2.05) is 32.8 Å². The van der Waals surface area contributed by atoms with E-state index in [-0.39, 0.29) is 14.8 Å². The predicted molar refractivity (Wildman–Crippen MR) is 81.6 cm³/mol. The molecule has 0 saturated carbocycles. The number of nitrogens with one attached hydrogen (secondary N) is 1. The lowest BCUT2D eigenvalue weighted by Crippen LogP contribution is -2.40. The van der Waals surface area contributed by atoms with E-state index in [1.54, 1.807) is 0 Å². The smallest absolute Gasteiger partial charge is 0.241 e. The van der Waals surface area contributed by atoms with Gasteiger partial charge in [-0.3, -0.25) is 0 Å². The molecule has 0 atom stereocenters. The fourth-order valence-corrected chi connectivity index (χ4v) is 4.26. The second-order valence-electron chi connectivity index (χ2n) is 5.80. The van der Waals surface area contributed by atoms with Gasteiger partial charge in [-0.05, 0) is 53.6 Å².